The average Bonchev–Trinajstić information content (AvgIpc) is 3.19. The van der Waals surface area contributed by atoms with E-state index in [0.717, 1.165) is 34.5 Å². The Morgan fingerprint density at radius 2 is 1.90 bits per heavy atom. The first kappa shape index (κ1) is 20.1. The third kappa shape index (κ3) is 4.70. The topological polar surface area (TPSA) is 68.2 Å². The summed E-state index contributed by atoms with van der Waals surface area (Å²) in [6.45, 7) is 0.630. The van der Waals surface area contributed by atoms with Crippen LogP contribution in [0.3, 0.4) is 0 Å². The molecule has 2 heterocycles. The second kappa shape index (κ2) is 8.67. The summed E-state index contributed by atoms with van der Waals surface area (Å²) in [5, 5.41) is 0.878. The van der Waals surface area contributed by atoms with Crippen LogP contribution < -0.4 is 14.4 Å². The molecule has 0 radical (unpaired) electrons. The molecule has 0 spiro atoms. The smallest absolute Gasteiger partial charge is 0.164 e. The number of aliphatic imine (C=N–C) groups is 1. The van der Waals surface area contributed by atoms with Crippen LogP contribution >= 0.6 is 11.8 Å². The Hall–Kier alpha value is -2.19. The predicted molar refractivity (Wildman–Crippen MR) is 118 cm³/mol. The van der Waals surface area contributed by atoms with Gasteiger partial charge in [-0.2, -0.15) is 0 Å². The maximum absolute atomic E-state index is 12.1. The molecule has 8 heteroatoms. The summed E-state index contributed by atoms with van der Waals surface area (Å²) < 4.78 is 35.4. The van der Waals surface area contributed by atoms with Crippen molar-refractivity contribution in [3.8, 4) is 11.5 Å². The van der Waals surface area contributed by atoms with E-state index in [1.807, 2.05) is 54.6 Å². The number of hydrogen-bond donors (Lipinski definition) is 0. The van der Waals surface area contributed by atoms with Crippen molar-refractivity contribution in [3.63, 3.8) is 0 Å². The van der Waals surface area contributed by atoms with E-state index in [2.05, 4.69) is 4.90 Å². The quantitative estimate of drug-likeness (QED) is 0.626. The third-order valence-electron chi connectivity index (χ3n) is 4.97. The number of anilines is 1. The van der Waals surface area contributed by atoms with Crippen LogP contribution in [-0.4, -0.2) is 56.6 Å². The van der Waals surface area contributed by atoms with Crippen LogP contribution in [0.25, 0.3) is 0 Å². The second-order valence-corrected chi connectivity index (χ2v) is 10.3. The van der Waals surface area contributed by atoms with Gasteiger partial charge in [0.2, 0.25) is 0 Å². The van der Waals surface area contributed by atoms with Gasteiger partial charge in [0, 0.05) is 17.5 Å². The highest BCUT2D eigenvalue weighted by atomic mass is 32.2. The van der Waals surface area contributed by atoms with E-state index in [4.69, 9.17) is 14.5 Å². The highest BCUT2D eigenvalue weighted by Gasteiger charge is 2.47. The maximum atomic E-state index is 12.1. The van der Waals surface area contributed by atoms with Crippen LogP contribution in [0.4, 0.5) is 5.69 Å². The molecule has 2 aromatic rings. The molecule has 4 rings (SSSR count). The Labute approximate surface area is 175 Å². The summed E-state index contributed by atoms with van der Waals surface area (Å²) in [5.41, 5.74) is 0.917. The molecule has 0 unspecified atom stereocenters. The SMILES string of the molecule is COc1cccc(N2C(SCCCOc3ccccc3)=N[C@@H]3CS(=O)(=O)C[C@H]32)c1. The summed E-state index contributed by atoms with van der Waals surface area (Å²) in [7, 11) is -1.43. The zero-order valence-electron chi connectivity index (χ0n) is 16.2. The molecule has 2 aromatic carbocycles. The van der Waals surface area contributed by atoms with Crippen LogP contribution in [0.15, 0.2) is 59.6 Å². The molecule has 0 saturated carbocycles. The van der Waals surface area contributed by atoms with Crippen molar-refractivity contribution < 1.29 is 17.9 Å². The Kier molecular flexibility index (Phi) is 6.01. The maximum Gasteiger partial charge on any atom is 0.164 e. The highest BCUT2D eigenvalue weighted by Crippen LogP contribution is 2.36. The van der Waals surface area contributed by atoms with Crippen LogP contribution in [0.5, 0.6) is 11.5 Å². The lowest BCUT2D eigenvalue weighted by atomic mass is 10.1. The number of sulfone groups is 1. The molecule has 0 aromatic heterocycles. The van der Waals surface area contributed by atoms with E-state index in [-0.39, 0.29) is 23.6 Å². The number of fused-ring (bicyclic) bond motifs is 1. The van der Waals surface area contributed by atoms with Gasteiger partial charge in [-0.05, 0) is 30.7 Å². The fraction of sp³-hybridized carbons (Fsp3) is 0.381. The van der Waals surface area contributed by atoms with Gasteiger partial charge in [-0.15, -0.1) is 0 Å². The molecule has 0 amide bonds. The number of methoxy groups -OCH3 is 1. The number of nitrogens with zero attached hydrogens (tertiary/aromatic N) is 2. The van der Waals surface area contributed by atoms with E-state index in [1.165, 1.54) is 0 Å². The van der Waals surface area contributed by atoms with Gasteiger partial charge >= 0.3 is 0 Å². The number of thioether (sulfide) groups is 1. The molecular formula is C21H24N2O4S2. The fourth-order valence-electron chi connectivity index (χ4n) is 3.62. The van der Waals surface area contributed by atoms with E-state index in [1.54, 1.807) is 18.9 Å². The van der Waals surface area contributed by atoms with Crippen molar-refractivity contribution in [2.45, 2.75) is 18.5 Å². The molecule has 2 aliphatic rings. The first-order valence-corrected chi connectivity index (χ1v) is 12.4. The number of hydrogen-bond acceptors (Lipinski definition) is 7. The fourth-order valence-corrected chi connectivity index (χ4v) is 6.50. The largest absolute Gasteiger partial charge is 0.497 e. The van der Waals surface area contributed by atoms with E-state index >= 15 is 0 Å². The molecule has 0 aliphatic carbocycles. The summed E-state index contributed by atoms with van der Waals surface area (Å²) >= 11 is 1.65. The molecule has 154 valence electrons. The summed E-state index contributed by atoms with van der Waals surface area (Å²) in [6.07, 6.45) is 0.873. The van der Waals surface area contributed by atoms with Gasteiger partial charge in [0.05, 0.1) is 37.3 Å². The van der Waals surface area contributed by atoms with E-state index in [0.29, 0.717) is 6.61 Å². The van der Waals surface area contributed by atoms with Crippen molar-refractivity contribution in [3.05, 3.63) is 54.6 Å². The monoisotopic (exact) mass is 432 g/mol. The predicted octanol–water partition coefficient (Wildman–Crippen LogP) is 3.24. The second-order valence-electron chi connectivity index (χ2n) is 7.06. The lowest BCUT2D eigenvalue weighted by molar-refractivity contribution is 0.319. The standard InChI is InChI=1S/C21H24N2O4S2/c1-26-18-10-5-7-16(13-18)23-20-15-29(24,25)14-19(20)22-21(23)28-12-6-11-27-17-8-3-2-4-9-17/h2-5,7-10,13,19-20H,6,11-12,14-15H2,1H3/t19-,20-/m1/s1. The van der Waals surface area contributed by atoms with Gasteiger partial charge in [-0.25, -0.2) is 8.42 Å². The van der Waals surface area contributed by atoms with E-state index < -0.39 is 9.84 Å². The molecule has 6 nitrogen and oxygen atoms in total. The molecule has 0 N–H and O–H groups in total. The van der Waals surface area contributed by atoms with Gasteiger partial charge in [-0.3, -0.25) is 4.99 Å². The van der Waals surface area contributed by atoms with Crippen molar-refractivity contribution in [1.82, 2.24) is 0 Å². The van der Waals surface area contributed by atoms with Gasteiger partial charge in [-0.1, -0.05) is 36.0 Å². The Morgan fingerprint density at radius 1 is 1.10 bits per heavy atom. The minimum absolute atomic E-state index is 0.124. The minimum Gasteiger partial charge on any atom is -0.497 e. The Bertz CT molecular complexity index is 979. The van der Waals surface area contributed by atoms with Crippen molar-refractivity contribution in [2.24, 2.45) is 4.99 Å². The summed E-state index contributed by atoms with van der Waals surface area (Å²) in [4.78, 5) is 6.83. The minimum atomic E-state index is -3.05. The number of para-hydroxylation sites is 1. The van der Waals surface area contributed by atoms with Crippen molar-refractivity contribution >= 4 is 32.5 Å². The molecule has 2 aliphatic heterocycles. The molecule has 29 heavy (non-hydrogen) atoms. The highest BCUT2D eigenvalue weighted by molar-refractivity contribution is 8.14. The zero-order chi connectivity index (χ0) is 20.3. The van der Waals surface area contributed by atoms with Crippen LogP contribution in [0.1, 0.15) is 6.42 Å². The number of rotatable bonds is 7. The van der Waals surface area contributed by atoms with Gasteiger partial charge in [0.25, 0.3) is 0 Å². The van der Waals surface area contributed by atoms with Crippen LogP contribution in [0.2, 0.25) is 0 Å². The molecule has 1 fully saturated rings. The van der Waals surface area contributed by atoms with Crippen LogP contribution in [0, 0.1) is 0 Å². The zero-order valence-corrected chi connectivity index (χ0v) is 17.9. The first-order valence-electron chi connectivity index (χ1n) is 9.58. The molecule has 1 saturated heterocycles. The first-order chi connectivity index (χ1) is 14.1. The number of ether oxygens (including phenoxy) is 2. The van der Waals surface area contributed by atoms with Gasteiger partial charge < -0.3 is 14.4 Å². The normalized spacial score (nSPS) is 22.2. The Morgan fingerprint density at radius 3 is 2.69 bits per heavy atom. The molecule has 2 atom stereocenters. The van der Waals surface area contributed by atoms with E-state index in [9.17, 15) is 8.42 Å². The van der Waals surface area contributed by atoms with Crippen molar-refractivity contribution in [1.29, 1.82) is 0 Å². The van der Waals surface area contributed by atoms with Crippen LogP contribution in [-0.2, 0) is 9.84 Å². The molecule has 0 bridgehead atoms. The van der Waals surface area contributed by atoms with Crippen molar-refractivity contribution in [2.75, 3.05) is 35.9 Å². The summed E-state index contributed by atoms with van der Waals surface area (Å²) in [6, 6.07) is 17.1. The van der Waals surface area contributed by atoms with Gasteiger partial charge in [0.15, 0.2) is 15.0 Å². The lowest BCUT2D eigenvalue weighted by Crippen LogP contribution is -2.39. The average molecular weight is 433 g/mol. The number of benzene rings is 2. The lowest BCUT2D eigenvalue weighted by Gasteiger charge is -2.26. The number of amidine groups is 1. The third-order valence-corrected chi connectivity index (χ3v) is 7.72. The Balaban J connectivity index is 1.42. The van der Waals surface area contributed by atoms with Gasteiger partial charge in [0.1, 0.15) is 11.5 Å². The summed E-state index contributed by atoms with van der Waals surface area (Å²) in [5.74, 6) is 2.72. The molecular weight excluding hydrogens is 408 g/mol.